The monoisotopic (exact) mass is 731 g/mol. The Bertz CT molecular complexity index is 1320. The Kier molecular flexibility index (Phi) is 17.0. The maximum absolute atomic E-state index is 12.0. The predicted octanol–water partition coefficient (Wildman–Crippen LogP) is 7.90. The van der Waals surface area contributed by atoms with Crippen LogP contribution in [0.2, 0.25) is 5.02 Å². The van der Waals surface area contributed by atoms with Crippen molar-refractivity contribution >= 4 is 35.8 Å². The predicted molar refractivity (Wildman–Crippen MR) is 208 cm³/mol. The molecule has 4 aliphatic rings. The lowest BCUT2D eigenvalue weighted by Gasteiger charge is -2.42. The molecule has 2 aromatic rings. The number of thiol groups is 1. The number of amides is 1. The van der Waals surface area contributed by atoms with Crippen LogP contribution in [-0.2, 0) is 20.6 Å². The first-order chi connectivity index (χ1) is 24.1. The van der Waals surface area contributed by atoms with Crippen LogP contribution < -0.4 is 20.7 Å². The summed E-state index contributed by atoms with van der Waals surface area (Å²) in [4.78, 5) is 14.4. The van der Waals surface area contributed by atoms with Crippen molar-refractivity contribution in [2.75, 3.05) is 58.0 Å². The van der Waals surface area contributed by atoms with Crippen molar-refractivity contribution in [3.8, 4) is 5.75 Å². The van der Waals surface area contributed by atoms with Crippen molar-refractivity contribution in [1.82, 2.24) is 5.32 Å². The molecule has 5 atom stereocenters. The molecule has 1 amide bonds. The SMILES string of the molecule is CCCC(C)C(C)S.CCCc1cc(Cl)ccc1C1COc2ccc(C(N)=O)cc2N(CC2CCC2CC2OCCCO2)C1.COC1CNC1. The van der Waals surface area contributed by atoms with Crippen LogP contribution in [0.3, 0.4) is 0 Å². The van der Waals surface area contributed by atoms with Crippen molar-refractivity contribution in [3.05, 3.63) is 58.1 Å². The molecule has 0 aromatic heterocycles. The van der Waals surface area contributed by atoms with Gasteiger partial charge in [-0.15, -0.1) is 0 Å². The number of methoxy groups -OCH3 is 1. The highest BCUT2D eigenvalue weighted by Crippen LogP contribution is 2.43. The highest BCUT2D eigenvalue weighted by atomic mass is 35.5. The van der Waals surface area contributed by atoms with E-state index < -0.39 is 5.91 Å². The van der Waals surface area contributed by atoms with Gasteiger partial charge < -0.3 is 34.9 Å². The molecule has 6 rings (SSSR count). The third kappa shape index (κ3) is 12.0. The first-order valence-corrected chi connectivity index (χ1v) is 19.8. The van der Waals surface area contributed by atoms with Gasteiger partial charge in [0.1, 0.15) is 5.75 Å². The zero-order valence-electron chi connectivity index (χ0n) is 31.0. The van der Waals surface area contributed by atoms with Gasteiger partial charge in [-0.25, -0.2) is 0 Å². The number of rotatable bonds is 12. The number of anilines is 1. The number of primary amides is 1. The second-order valence-corrected chi connectivity index (χ2v) is 15.7. The smallest absolute Gasteiger partial charge is 0.248 e. The molecule has 50 heavy (non-hydrogen) atoms. The number of ether oxygens (including phenoxy) is 4. The minimum atomic E-state index is -0.422. The summed E-state index contributed by atoms with van der Waals surface area (Å²) in [6.45, 7) is 14.8. The van der Waals surface area contributed by atoms with Crippen molar-refractivity contribution in [2.24, 2.45) is 23.5 Å². The molecular weight excluding hydrogens is 670 g/mol. The quantitative estimate of drug-likeness (QED) is 0.191. The number of hydrogen-bond donors (Lipinski definition) is 3. The lowest BCUT2D eigenvalue weighted by molar-refractivity contribution is -0.192. The number of carbonyl (C=O) groups is 1. The van der Waals surface area contributed by atoms with E-state index >= 15 is 0 Å². The number of fused-ring (bicyclic) bond motifs is 1. The average molecular weight is 732 g/mol. The summed E-state index contributed by atoms with van der Waals surface area (Å²) >= 11 is 10.7. The molecule has 5 unspecified atom stereocenters. The summed E-state index contributed by atoms with van der Waals surface area (Å²) in [6, 6.07) is 11.8. The fourth-order valence-corrected chi connectivity index (χ4v) is 7.33. The molecular formula is C40H62ClN3O5S. The summed E-state index contributed by atoms with van der Waals surface area (Å²) in [5.74, 6) is 2.48. The molecule has 3 N–H and O–H groups in total. The van der Waals surface area contributed by atoms with E-state index in [1.54, 1.807) is 13.2 Å². The first kappa shape index (κ1) is 40.8. The van der Waals surface area contributed by atoms with Crippen molar-refractivity contribution < 1.29 is 23.7 Å². The number of aryl methyl sites for hydroxylation is 1. The summed E-state index contributed by atoms with van der Waals surface area (Å²) in [5.41, 5.74) is 9.69. The molecule has 1 aliphatic carbocycles. The van der Waals surface area contributed by atoms with E-state index in [0.29, 0.717) is 35.4 Å². The number of nitrogens with one attached hydrogen (secondary N) is 1. The highest BCUT2D eigenvalue weighted by Gasteiger charge is 2.37. The summed E-state index contributed by atoms with van der Waals surface area (Å²) in [7, 11) is 1.74. The largest absolute Gasteiger partial charge is 0.491 e. The average Bonchev–Trinajstić information content (AvgIpc) is 3.25. The topological polar surface area (TPSA) is 95.3 Å². The lowest BCUT2D eigenvalue weighted by atomic mass is 9.71. The molecule has 8 nitrogen and oxygen atoms in total. The Morgan fingerprint density at radius 1 is 1.08 bits per heavy atom. The zero-order chi connectivity index (χ0) is 36.0. The van der Waals surface area contributed by atoms with Gasteiger partial charge in [-0.1, -0.05) is 58.2 Å². The molecule has 3 aliphatic heterocycles. The van der Waals surface area contributed by atoms with E-state index in [0.717, 1.165) is 87.5 Å². The van der Waals surface area contributed by atoms with Crippen molar-refractivity contribution in [3.63, 3.8) is 0 Å². The van der Waals surface area contributed by atoms with E-state index in [1.165, 1.54) is 36.8 Å². The Balaban J connectivity index is 0.000000335. The van der Waals surface area contributed by atoms with Gasteiger partial charge in [0, 0.05) is 61.5 Å². The first-order valence-electron chi connectivity index (χ1n) is 18.9. The summed E-state index contributed by atoms with van der Waals surface area (Å²) in [5, 5.41) is 4.42. The van der Waals surface area contributed by atoms with Crippen LogP contribution in [0.5, 0.6) is 5.75 Å². The highest BCUT2D eigenvalue weighted by molar-refractivity contribution is 7.80. The van der Waals surface area contributed by atoms with Gasteiger partial charge in [0.2, 0.25) is 5.91 Å². The maximum Gasteiger partial charge on any atom is 0.248 e. The van der Waals surface area contributed by atoms with Gasteiger partial charge in [-0.05, 0) is 91.3 Å². The van der Waals surface area contributed by atoms with E-state index in [9.17, 15) is 4.79 Å². The van der Waals surface area contributed by atoms with E-state index in [2.05, 4.69) is 62.7 Å². The third-order valence-corrected chi connectivity index (χ3v) is 11.3. The van der Waals surface area contributed by atoms with Gasteiger partial charge in [0.25, 0.3) is 0 Å². The van der Waals surface area contributed by atoms with Crippen LogP contribution >= 0.6 is 24.2 Å². The van der Waals surface area contributed by atoms with Gasteiger partial charge in [0.15, 0.2) is 6.29 Å². The van der Waals surface area contributed by atoms with Gasteiger partial charge in [-0.2, -0.15) is 12.6 Å². The Morgan fingerprint density at radius 2 is 1.82 bits per heavy atom. The molecule has 2 aromatic carbocycles. The standard InChI is InChI=1S/C29H37ClN2O4.C7H16S.C4H9NO/c1-2-4-20-13-24(30)8-9-25(20)23-17-32(26-14-21(29(31)33)7-10-27(26)36-18-23)16-22-6-5-19(22)15-28-34-11-3-12-35-28;1-4-5-6(2)7(3)8;1-6-4-2-5-3-4/h7-10,13-14,19,22-23,28H,2-6,11-12,15-18H2,1H3,(H2,31,33);6-8H,4-5H2,1-3H3;4-5H,2-3H2,1H3. The number of nitrogens with zero attached hydrogens (tertiary/aromatic N) is 1. The second kappa shape index (κ2) is 20.9. The number of carbonyl (C=O) groups excluding carboxylic acids is 1. The van der Waals surface area contributed by atoms with Crippen LogP contribution in [0.1, 0.15) is 100 Å². The van der Waals surface area contributed by atoms with Crippen LogP contribution in [-0.4, -0.2) is 76.7 Å². The normalized spacial score (nSPS) is 23.3. The molecule has 3 fully saturated rings. The van der Waals surface area contributed by atoms with Crippen molar-refractivity contribution in [2.45, 2.75) is 103 Å². The van der Waals surface area contributed by atoms with Gasteiger partial charge >= 0.3 is 0 Å². The Labute approximate surface area is 311 Å². The second-order valence-electron chi connectivity index (χ2n) is 14.4. The molecule has 10 heteroatoms. The number of hydrogen-bond acceptors (Lipinski definition) is 8. The van der Waals surface area contributed by atoms with Crippen LogP contribution in [0.25, 0.3) is 0 Å². The summed E-state index contributed by atoms with van der Waals surface area (Å²) < 4.78 is 23.0. The fourth-order valence-electron chi connectivity index (χ4n) is 6.98. The summed E-state index contributed by atoms with van der Waals surface area (Å²) in [6.07, 6.45) is 9.38. The van der Waals surface area contributed by atoms with Crippen LogP contribution in [0.4, 0.5) is 5.69 Å². The Morgan fingerprint density at radius 3 is 2.36 bits per heavy atom. The molecule has 2 saturated heterocycles. The zero-order valence-corrected chi connectivity index (χ0v) is 32.7. The van der Waals surface area contributed by atoms with E-state index in [4.69, 9.17) is 36.3 Å². The lowest BCUT2D eigenvalue weighted by Crippen LogP contribution is -2.47. The van der Waals surface area contributed by atoms with Gasteiger partial charge in [-0.3, -0.25) is 4.79 Å². The number of benzene rings is 2. The van der Waals surface area contributed by atoms with E-state index in [-0.39, 0.29) is 12.2 Å². The maximum atomic E-state index is 12.0. The minimum Gasteiger partial charge on any atom is -0.491 e. The molecule has 0 bridgehead atoms. The molecule has 0 spiro atoms. The Hall–Kier alpha value is -2.01. The third-order valence-electron chi connectivity index (χ3n) is 10.6. The van der Waals surface area contributed by atoms with Gasteiger partial charge in [0.05, 0.1) is 31.6 Å². The molecule has 280 valence electrons. The molecule has 1 saturated carbocycles. The minimum absolute atomic E-state index is 0.0776. The molecule has 3 heterocycles. The van der Waals surface area contributed by atoms with Crippen LogP contribution in [0, 0.1) is 17.8 Å². The molecule has 0 radical (unpaired) electrons. The van der Waals surface area contributed by atoms with E-state index in [1.807, 2.05) is 18.2 Å². The number of halogens is 1. The fraction of sp³-hybridized carbons (Fsp3) is 0.675. The van der Waals surface area contributed by atoms with Crippen molar-refractivity contribution in [1.29, 1.82) is 0 Å². The number of nitrogens with two attached hydrogens (primary N) is 1. The van der Waals surface area contributed by atoms with Crippen LogP contribution in [0.15, 0.2) is 36.4 Å².